The highest BCUT2D eigenvalue weighted by atomic mass is 16.4. The second kappa shape index (κ2) is 5.58. The lowest BCUT2D eigenvalue weighted by atomic mass is 10.1. The number of aromatic nitrogens is 2. The van der Waals surface area contributed by atoms with Gasteiger partial charge in [-0.3, -0.25) is 4.98 Å². The fraction of sp³-hybridized carbons (Fsp3) is 0.385. The second-order valence-corrected chi connectivity index (χ2v) is 4.47. The van der Waals surface area contributed by atoms with E-state index >= 15 is 0 Å². The zero-order valence-corrected chi connectivity index (χ0v) is 10.4. The van der Waals surface area contributed by atoms with Crippen molar-refractivity contribution in [2.24, 2.45) is 0 Å². The summed E-state index contributed by atoms with van der Waals surface area (Å²) in [6.45, 7) is 1.30. The Balaban J connectivity index is 2.32. The molecular weight excluding hydrogens is 248 g/mol. The van der Waals surface area contributed by atoms with Crippen molar-refractivity contribution in [2.45, 2.75) is 25.2 Å². The van der Waals surface area contributed by atoms with E-state index in [1.807, 2.05) is 19.1 Å². The maximum absolute atomic E-state index is 9.88. The van der Waals surface area contributed by atoms with Crippen molar-refractivity contribution >= 4 is 11.0 Å². The molecule has 3 atom stereocenters. The van der Waals surface area contributed by atoms with Gasteiger partial charge in [-0.2, -0.15) is 0 Å². The van der Waals surface area contributed by atoms with E-state index in [2.05, 4.69) is 9.97 Å². The van der Waals surface area contributed by atoms with Gasteiger partial charge in [0.25, 0.3) is 0 Å². The summed E-state index contributed by atoms with van der Waals surface area (Å²) in [7, 11) is 0. The number of hydrogen-bond donors (Lipinski definition) is 4. The number of rotatable bonds is 4. The molecule has 0 fully saturated rings. The van der Waals surface area contributed by atoms with Crippen LogP contribution in [0.4, 0.5) is 0 Å². The van der Waals surface area contributed by atoms with Crippen molar-refractivity contribution in [3.8, 4) is 0 Å². The maximum Gasteiger partial charge on any atom is 0.126 e. The molecule has 6 nitrogen and oxygen atoms in total. The summed E-state index contributed by atoms with van der Waals surface area (Å²) in [5, 5.41) is 37.6. The Hall–Kier alpha value is -1.60. The average Bonchev–Trinajstić information content (AvgIpc) is 2.44. The van der Waals surface area contributed by atoms with Crippen LogP contribution in [0.5, 0.6) is 0 Å². The third-order valence-electron chi connectivity index (χ3n) is 2.92. The molecule has 4 N–H and O–H groups in total. The van der Waals surface area contributed by atoms with Crippen molar-refractivity contribution < 1.29 is 20.4 Å². The van der Waals surface area contributed by atoms with E-state index in [1.165, 1.54) is 6.20 Å². The number of benzene rings is 1. The van der Waals surface area contributed by atoms with Gasteiger partial charge in [-0.25, -0.2) is 4.98 Å². The quantitative estimate of drug-likeness (QED) is 0.603. The minimum atomic E-state index is -1.51. The van der Waals surface area contributed by atoms with E-state index in [0.717, 1.165) is 5.56 Å². The van der Waals surface area contributed by atoms with Gasteiger partial charge < -0.3 is 20.4 Å². The van der Waals surface area contributed by atoms with Crippen LogP contribution in [0.2, 0.25) is 0 Å². The van der Waals surface area contributed by atoms with Crippen LogP contribution < -0.4 is 0 Å². The number of aliphatic hydroxyl groups is 4. The van der Waals surface area contributed by atoms with E-state index < -0.39 is 24.9 Å². The van der Waals surface area contributed by atoms with E-state index in [4.69, 9.17) is 5.11 Å². The summed E-state index contributed by atoms with van der Waals surface area (Å²) in [5.41, 5.74) is 2.48. The van der Waals surface area contributed by atoms with Crippen molar-refractivity contribution in [1.29, 1.82) is 0 Å². The highest BCUT2D eigenvalue weighted by Gasteiger charge is 2.26. The number of hydrogen-bond acceptors (Lipinski definition) is 6. The standard InChI is InChI=1S/C13H16N2O4/c1-7-2-3-8-9(4-7)14-5-10(15-8)12(18)13(19)11(17)6-16/h2-5,11-13,16-19H,6H2,1H3. The van der Waals surface area contributed by atoms with Crippen molar-refractivity contribution in [3.05, 3.63) is 35.7 Å². The van der Waals surface area contributed by atoms with Crippen LogP contribution in [0.25, 0.3) is 11.0 Å². The summed E-state index contributed by atoms with van der Waals surface area (Å²) in [5.74, 6) is 0. The maximum atomic E-state index is 9.88. The van der Waals surface area contributed by atoms with E-state index in [-0.39, 0.29) is 5.69 Å². The molecule has 2 aromatic rings. The van der Waals surface area contributed by atoms with Crippen LogP contribution in [0.1, 0.15) is 17.4 Å². The molecule has 2 rings (SSSR count). The normalized spacial score (nSPS) is 16.3. The molecule has 1 heterocycles. The van der Waals surface area contributed by atoms with Gasteiger partial charge in [-0.15, -0.1) is 0 Å². The molecule has 0 saturated carbocycles. The van der Waals surface area contributed by atoms with E-state index in [1.54, 1.807) is 6.07 Å². The van der Waals surface area contributed by atoms with E-state index in [9.17, 15) is 15.3 Å². The van der Waals surface area contributed by atoms with Gasteiger partial charge in [-0.1, -0.05) is 6.07 Å². The number of aryl methyl sites for hydroxylation is 1. The first-order valence-electron chi connectivity index (χ1n) is 5.91. The Labute approximate surface area is 110 Å². The van der Waals surface area contributed by atoms with Crippen LogP contribution in [-0.4, -0.2) is 49.2 Å². The first kappa shape index (κ1) is 13.8. The number of fused-ring (bicyclic) bond motifs is 1. The third-order valence-corrected chi connectivity index (χ3v) is 2.92. The van der Waals surface area contributed by atoms with Gasteiger partial charge in [0.2, 0.25) is 0 Å². The molecule has 102 valence electrons. The monoisotopic (exact) mass is 264 g/mol. The minimum Gasteiger partial charge on any atom is -0.394 e. The van der Waals surface area contributed by atoms with Gasteiger partial charge in [0, 0.05) is 0 Å². The van der Waals surface area contributed by atoms with Gasteiger partial charge in [0.05, 0.1) is 29.5 Å². The molecule has 0 aliphatic heterocycles. The molecule has 19 heavy (non-hydrogen) atoms. The lowest BCUT2D eigenvalue weighted by Gasteiger charge is -2.20. The van der Waals surface area contributed by atoms with Crippen LogP contribution in [-0.2, 0) is 0 Å². The Kier molecular flexibility index (Phi) is 4.06. The van der Waals surface area contributed by atoms with Gasteiger partial charge in [0.15, 0.2) is 0 Å². The smallest absolute Gasteiger partial charge is 0.126 e. The molecule has 3 unspecified atom stereocenters. The Morgan fingerprint density at radius 1 is 1.16 bits per heavy atom. The van der Waals surface area contributed by atoms with Gasteiger partial charge in [0.1, 0.15) is 18.3 Å². The molecule has 6 heteroatoms. The van der Waals surface area contributed by atoms with Crippen LogP contribution in [0.3, 0.4) is 0 Å². The van der Waals surface area contributed by atoms with E-state index in [0.29, 0.717) is 11.0 Å². The SMILES string of the molecule is Cc1ccc2nc(C(O)C(O)C(O)CO)cnc2c1. The molecule has 0 saturated heterocycles. The van der Waals surface area contributed by atoms with Crippen molar-refractivity contribution in [2.75, 3.05) is 6.61 Å². The Morgan fingerprint density at radius 2 is 1.89 bits per heavy atom. The molecule has 1 aromatic heterocycles. The summed E-state index contributed by atoms with van der Waals surface area (Å²) < 4.78 is 0. The number of nitrogens with zero attached hydrogens (tertiary/aromatic N) is 2. The Morgan fingerprint density at radius 3 is 2.58 bits per heavy atom. The topological polar surface area (TPSA) is 107 Å². The fourth-order valence-corrected chi connectivity index (χ4v) is 1.77. The zero-order chi connectivity index (χ0) is 14.0. The minimum absolute atomic E-state index is 0.149. The molecule has 0 bridgehead atoms. The summed E-state index contributed by atoms with van der Waals surface area (Å²) in [6.07, 6.45) is -2.99. The predicted molar refractivity (Wildman–Crippen MR) is 68.3 cm³/mol. The molecule has 0 aliphatic carbocycles. The lowest BCUT2D eigenvalue weighted by Crippen LogP contribution is -2.35. The summed E-state index contributed by atoms with van der Waals surface area (Å²) in [4.78, 5) is 8.34. The largest absolute Gasteiger partial charge is 0.394 e. The lowest BCUT2D eigenvalue weighted by molar-refractivity contribution is -0.0789. The van der Waals surface area contributed by atoms with Crippen LogP contribution in [0.15, 0.2) is 24.4 Å². The molecular formula is C13H16N2O4. The van der Waals surface area contributed by atoms with Crippen molar-refractivity contribution in [3.63, 3.8) is 0 Å². The van der Waals surface area contributed by atoms with Gasteiger partial charge >= 0.3 is 0 Å². The third kappa shape index (κ3) is 2.87. The Bertz CT molecular complexity index is 576. The first-order valence-corrected chi connectivity index (χ1v) is 5.91. The highest BCUT2D eigenvalue weighted by molar-refractivity contribution is 5.74. The molecule has 0 radical (unpaired) electrons. The summed E-state index contributed by atoms with van der Waals surface area (Å²) >= 11 is 0. The molecule has 0 spiro atoms. The molecule has 0 amide bonds. The zero-order valence-electron chi connectivity index (χ0n) is 10.4. The number of aliphatic hydroxyl groups excluding tert-OH is 4. The predicted octanol–water partition coefficient (Wildman–Crippen LogP) is -0.314. The van der Waals surface area contributed by atoms with Crippen molar-refractivity contribution in [1.82, 2.24) is 9.97 Å². The van der Waals surface area contributed by atoms with Crippen LogP contribution >= 0.6 is 0 Å². The second-order valence-electron chi connectivity index (χ2n) is 4.47. The molecule has 1 aromatic carbocycles. The molecule has 0 aliphatic rings. The highest BCUT2D eigenvalue weighted by Crippen LogP contribution is 2.19. The van der Waals surface area contributed by atoms with Gasteiger partial charge in [-0.05, 0) is 24.6 Å². The van der Waals surface area contributed by atoms with Crippen LogP contribution in [0, 0.1) is 6.92 Å². The summed E-state index contributed by atoms with van der Waals surface area (Å²) in [6, 6.07) is 5.49. The fourth-order valence-electron chi connectivity index (χ4n) is 1.77. The average molecular weight is 264 g/mol. The first-order chi connectivity index (χ1) is 9.02.